The van der Waals surface area contributed by atoms with Gasteiger partial charge in [-0.1, -0.05) is 12.1 Å². The third-order valence-electron chi connectivity index (χ3n) is 3.01. The van der Waals surface area contributed by atoms with Crippen LogP contribution in [-0.2, 0) is 4.79 Å². The number of nitrogens with zero attached hydrogens (tertiary/aromatic N) is 1. The van der Waals surface area contributed by atoms with Crippen LogP contribution in [0.2, 0.25) is 0 Å². The fourth-order valence-corrected chi connectivity index (χ4v) is 2.26. The predicted octanol–water partition coefficient (Wildman–Crippen LogP) is 0.923. The molecule has 1 aliphatic heterocycles. The maximum Gasteiger partial charge on any atom is 0.255 e. The van der Waals surface area contributed by atoms with Gasteiger partial charge in [-0.25, -0.2) is 0 Å². The van der Waals surface area contributed by atoms with Crippen molar-refractivity contribution in [3.63, 3.8) is 0 Å². The first-order chi connectivity index (χ1) is 8.09. The zero-order valence-electron chi connectivity index (χ0n) is 9.30. The van der Waals surface area contributed by atoms with Crippen LogP contribution in [0, 0.1) is 5.92 Å². The van der Waals surface area contributed by atoms with Crippen molar-refractivity contribution in [2.45, 2.75) is 11.3 Å². The Balaban J connectivity index is 2.13. The molecule has 2 rings (SSSR count). The van der Waals surface area contributed by atoms with E-state index in [1.807, 2.05) is 6.07 Å². The standard InChI is InChI=1S/C12H14N2O2S/c13-11(15)8-5-6-14(7-8)12(16)9-3-1-2-4-10(9)17/h1-4,8,17H,5-7H2,(H2,13,15). The van der Waals surface area contributed by atoms with Gasteiger partial charge in [0.05, 0.1) is 11.5 Å². The molecular weight excluding hydrogens is 236 g/mol. The molecule has 0 aromatic heterocycles. The van der Waals surface area contributed by atoms with E-state index in [1.165, 1.54) is 0 Å². The van der Waals surface area contributed by atoms with Gasteiger partial charge in [0.2, 0.25) is 5.91 Å². The summed E-state index contributed by atoms with van der Waals surface area (Å²) in [6, 6.07) is 7.14. The SMILES string of the molecule is NC(=O)C1CCN(C(=O)c2ccccc2S)C1. The molecule has 2 N–H and O–H groups in total. The van der Waals surface area contributed by atoms with E-state index in [1.54, 1.807) is 23.1 Å². The number of hydrogen-bond acceptors (Lipinski definition) is 3. The zero-order valence-corrected chi connectivity index (χ0v) is 10.2. The fourth-order valence-electron chi connectivity index (χ4n) is 2.00. The first-order valence-corrected chi connectivity index (χ1v) is 5.91. The summed E-state index contributed by atoms with van der Waals surface area (Å²) < 4.78 is 0. The number of carbonyl (C=O) groups is 2. The van der Waals surface area contributed by atoms with Crippen molar-refractivity contribution in [1.29, 1.82) is 0 Å². The Morgan fingerprint density at radius 2 is 2.06 bits per heavy atom. The van der Waals surface area contributed by atoms with Crippen LogP contribution in [0.5, 0.6) is 0 Å². The summed E-state index contributed by atoms with van der Waals surface area (Å²) in [5, 5.41) is 0. The van der Waals surface area contributed by atoms with Gasteiger partial charge >= 0.3 is 0 Å². The molecule has 5 heteroatoms. The Hall–Kier alpha value is -1.49. The van der Waals surface area contributed by atoms with Gasteiger partial charge in [0.1, 0.15) is 0 Å². The van der Waals surface area contributed by atoms with Crippen LogP contribution in [0.4, 0.5) is 0 Å². The molecule has 1 heterocycles. The lowest BCUT2D eigenvalue weighted by atomic mass is 10.1. The number of likely N-dealkylation sites (tertiary alicyclic amines) is 1. The van der Waals surface area contributed by atoms with Crippen molar-refractivity contribution in [3.8, 4) is 0 Å². The van der Waals surface area contributed by atoms with Crippen LogP contribution in [-0.4, -0.2) is 29.8 Å². The lowest BCUT2D eigenvalue weighted by Gasteiger charge is -2.16. The highest BCUT2D eigenvalue weighted by atomic mass is 32.1. The fraction of sp³-hybridized carbons (Fsp3) is 0.333. The number of hydrogen-bond donors (Lipinski definition) is 2. The zero-order chi connectivity index (χ0) is 12.4. The minimum Gasteiger partial charge on any atom is -0.369 e. The molecule has 1 unspecified atom stereocenters. The molecule has 1 atom stereocenters. The molecule has 2 amide bonds. The second-order valence-corrected chi connectivity index (χ2v) is 4.64. The van der Waals surface area contributed by atoms with Crippen molar-refractivity contribution >= 4 is 24.4 Å². The molecule has 90 valence electrons. The van der Waals surface area contributed by atoms with E-state index in [4.69, 9.17) is 5.73 Å². The summed E-state index contributed by atoms with van der Waals surface area (Å²) in [6.07, 6.45) is 0.649. The van der Waals surface area contributed by atoms with E-state index in [-0.39, 0.29) is 17.7 Å². The summed E-state index contributed by atoms with van der Waals surface area (Å²) in [5.74, 6) is -0.634. The van der Waals surface area contributed by atoms with Crippen LogP contribution < -0.4 is 5.73 Å². The van der Waals surface area contributed by atoms with Crippen LogP contribution in [0.1, 0.15) is 16.8 Å². The van der Waals surface area contributed by atoms with Crippen molar-refractivity contribution in [3.05, 3.63) is 29.8 Å². The lowest BCUT2D eigenvalue weighted by molar-refractivity contribution is -0.121. The van der Waals surface area contributed by atoms with Crippen LogP contribution in [0.15, 0.2) is 29.2 Å². The Kier molecular flexibility index (Phi) is 3.38. The van der Waals surface area contributed by atoms with Crippen LogP contribution >= 0.6 is 12.6 Å². The Bertz CT molecular complexity index is 462. The molecule has 1 aliphatic rings. The van der Waals surface area contributed by atoms with Crippen molar-refractivity contribution in [2.75, 3.05) is 13.1 Å². The highest BCUT2D eigenvalue weighted by Gasteiger charge is 2.30. The first kappa shape index (κ1) is 12.0. The van der Waals surface area contributed by atoms with E-state index < -0.39 is 0 Å². The van der Waals surface area contributed by atoms with Gasteiger partial charge < -0.3 is 10.6 Å². The van der Waals surface area contributed by atoms with Crippen molar-refractivity contribution in [2.24, 2.45) is 11.7 Å². The maximum absolute atomic E-state index is 12.2. The molecule has 0 aliphatic carbocycles. The number of rotatable bonds is 2. The third kappa shape index (κ3) is 2.44. The molecule has 0 radical (unpaired) electrons. The van der Waals surface area contributed by atoms with Crippen LogP contribution in [0.3, 0.4) is 0 Å². The van der Waals surface area contributed by atoms with Crippen molar-refractivity contribution in [1.82, 2.24) is 4.90 Å². The number of nitrogens with two attached hydrogens (primary N) is 1. The molecule has 1 saturated heterocycles. The van der Waals surface area contributed by atoms with E-state index in [0.29, 0.717) is 30.0 Å². The van der Waals surface area contributed by atoms with Gasteiger partial charge in [-0.15, -0.1) is 12.6 Å². The van der Waals surface area contributed by atoms with E-state index in [0.717, 1.165) is 0 Å². The van der Waals surface area contributed by atoms with Crippen molar-refractivity contribution < 1.29 is 9.59 Å². The summed E-state index contributed by atoms with van der Waals surface area (Å²) >= 11 is 4.25. The third-order valence-corrected chi connectivity index (χ3v) is 3.40. The maximum atomic E-state index is 12.2. The normalized spacial score (nSPS) is 19.4. The molecule has 1 aromatic carbocycles. The molecule has 4 nitrogen and oxygen atoms in total. The Morgan fingerprint density at radius 1 is 1.35 bits per heavy atom. The molecule has 1 fully saturated rings. The smallest absolute Gasteiger partial charge is 0.255 e. The van der Waals surface area contributed by atoms with Crippen LogP contribution in [0.25, 0.3) is 0 Å². The summed E-state index contributed by atoms with van der Waals surface area (Å²) in [4.78, 5) is 25.5. The Morgan fingerprint density at radius 3 is 2.65 bits per heavy atom. The Labute approximate surface area is 105 Å². The number of amides is 2. The number of benzene rings is 1. The molecule has 1 aromatic rings. The van der Waals surface area contributed by atoms with E-state index >= 15 is 0 Å². The van der Waals surface area contributed by atoms with E-state index in [9.17, 15) is 9.59 Å². The molecular formula is C12H14N2O2S. The highest BCUT2D eigenvalue weighted by molar-refractivity contribution is 7.80. The minimum atomic E-state index is -0.334. The van der Waals surface area contributed by atoms with Gasteiger partial charge in [-0.3, -0.25) is 9.59 Å². The number of carbonyl (C=O) groups excluding carboxylic acids is 2. The van der Waals surface area contributed by atoms with E-state index in [2.05, 4.69) is 12.6 Å². The predicted molar refractivity (Wildman–Crippen MR) is 66.9 cm³/mol. The van der Waals surface area contributed by atoms with Gasteiger partial charge in [-0.05, 0) is 18.6 Å². The second kappa shape index (κ2) is 4.79. The average molecular weight is 250 g/mol. The molecule has 0 bridgehead atoms. The highest BCUT2D eigenvalue weighted by Crippen LogP contribution is 2.21. The molecule has 0 spiro atoms. The van der Waals surface area contributed by atoms with Gasteiger partial charge in [0.25, 0.3) is 5.91 Å². The minimum absolute atomic E-state index is 0.0839. The topological polar surface area (TPSA) is 63.4 Å². The van der Waals surface area contributed by atoms with Gasteiger partial charge in [-0.2, -0.15) is 0 Å². The molecule has 17 heavy (non-hydrogen) atoms. The largest absolute Gasteiger partial charge is 0.369 e. The lowest BCUT2D eigenvalue weighted by Crippen LogP contribution is -2.31. The molecule has 0 saturated carbocycles. The van der Waals surface area contributed by atoms with Gasteiger partial charge in [0.15, 0.2) is 0 Å². The second-order valence-electron chi connectivity index (χ2n) is 4.16. The summed E-state index contributed by atoms with van der Waals surface area (Å²) in [7, 11) is 0. The number of thiol groups is 1. The van der Waals surface area contributed by atoms with Gasteiger partial charge in [0, 0.05) is 18.0 Å². The number of primary amides is 1. The first-order valence-electron chi connectivity index (χ1n) is 5.46. The average Bonchev–Trinajstić information content (AvgIpc) is 2.78. The quantitative estimate of drug-likeness (QED) is 0.767. The summed E-state index contributed by atoms with van der Waals surface area (Å²) in [5.41, 5.74) is 5.81. The summed E-state index contributed by atoms with van der Waals surface area (Å²) in [6.45, 7) is 0.991. The monoisotopic (exact) mass is 250 g/mol.